The fourth-order valence-corrected chi connectivity index (χ4v) is 3.09. The van der Waals surface area contributed by atoms with Gasteiger partial charge in [0, 0.05) is 12.8 Å². The van der Waals surface area contributed by atoms with Crippen LogP contribution >= 0.6 is 11.6 Å². The van der Waals surface area contributed by atoms with Gasteiger partial charge in [0.15, 0.2) is 23.1 Å². The number of hydrogen-bond acceptors (Lipinski definition) is 6. The fraction of sp³-hybridized carbons (Fsp3) is 0.571. The quantitative estimate of drug-likeness (QED) is 0.637. The van der Waals surface area contributed by atoms with Crippen molar-refractivity contribution in [2.45, 2.75) is 45.6 Å². The molecule has 0 N–H and O–H groups in total. The highest BCUT2D eigenvalue weighted by Gasteiger charge is 2.44. The summed E-state index contributed by atoms with van der Waals surface area (Å²) in [7, 11) is 0. The lowest BCUT2D eigenvalue weighted by Gasteiger charge is -2.21. The number of fused-ring (bicyclic) bond motifs is 1. The van der Waals surface area contributed by atoms with E-state index in [-0.39, 0.29) is 23.1 Å². The van der Waals surface area contributed by atoms with E-state index in [4.69, 9.17) is 21.1 Å². The first-order chi connectivity index (χ1) is 10.5. The fourth-order valence-electron chi connectivity index (χ4n) is 2.91. The molecule has 7 nitrogen and oxygen atoms in total. The summed E-state index contributed by atoms with van der Waals surface area (Å²) >= 11 is 6.03. The molecule has 0 spiro atoms. The number of halogens is 1. The van der Waals surface area contributed by atoms with E-state index in [1.54, 1.807) is 10.9 Å². The zero-order valence-electron chi connectivity index (χ0n) is 12.6. The molecular weight excluding hydrogens is 308 g/mol. The van der Waals surface area contributed by atoms with E-state index in [2.05, 4.69) is 15.0 Å². The molecule has 0 amide bonds. The molecule has 0 unspecified atom stereocenters. The second-order valence-electron chi connectivity index (χ2n) is 5.40. The van der Waals surface area contributed by atoms with Crippen molar-refractivity contribution in [3.05, 3.63) is 17.8 Å². The third-order valence-corrected chi connectivity index (χ3v) is 4.27. The summed E-state index contributed by atoms with van der Waals surface area (Å²) in [5.74, 6) is -0.257. The summed E-state index contributed by atoms with van der Waals surface area (Å²) in [6.07, 6.45) is 2.94. The highest BCUT2D eigenvalue weighted by Crippen LogP contribution is 2.38. The second kappa shape index (κ2) is 5.81. The van der Waals surface area contributed by atoms with Crippen LogP contribution in [0.2, 0.25) is 5.15 Å². The molecule has 0 aliphatic carbocycles. The molecule has 8 heteroatoms. The summed E-state index contributed by atoms with van der Waals surface area (Å²) in [4.78, 5) is 23.8. The highest BCUT2D eigenvalue weighted by molar-refractivity contribution is 6.33. The molecule has 2 aromatic rings. The smallest absolute Gasteiger partial charge is 0.303 e. The summed E-state index contributed by atoms with van der Waals surface area (Å²) in [5.41, 5.74) is 1.06. The Labute approximate surface area is 132 Å². The number of carbonyl (C=O) groups excluding carboxylic acids is 1. The second-order valence-corrected chi connectivity index (χ2v) is 5.75. The topological polar surface area (TPSA) is 79.1 Å². The van der Waals surface area contributed by atoms with Gasteiger partial charge in [-0.3, -0.25) is 9.36 Å². The van der Waals surface area contributed by atoms with Gasteiger partial charge in [-0.2, -0.15) is 0 Å². The number of rotatable bonds is 3. The molecule has 1 saturated heterocycles. The number of aromatic nitrogens is 4. The summed E-state index contributed by atoms with van der Waals surface area (Å²) in [6, 6.07) is 0. The molecular formula is C14H17ClN4O3. The predicted molar refractivity (Wildman–Crippen MR) is 79.3 cm³/mol. The average Bonchev–Trinajstić information content (AvgIpc) is 3.02. The van der Waals surface area contributed by atoms with Crippen molar-refractivity contribution >= 4 is 28.7 Å². The van der Waals surface area contributed by atoms with Crippen LogP contribution in [0.25, 0.3) is 11.2 Å². The maximum absolute atomic E-state index is 11.4. The molecule has 0 radical (unpaired) electrons. The molecule has 0 aromatic carbocycles. The molecule has 0 bridgehead atoms. The van der Waals surface area contributed by atoms with Gasteiger partial charge < -0.3 is 9.47 Å². The normalized spacial score (nSPS) is 28.2. The van der Waals surface area contributed by atoms with E-state index in [0.717, 1.165) is 6.42 Å². The zero-order valence-corrected chi connectivity index (χ0v) is 13.3. The lowest BCUT2D eigenvalue weighted by Crippen LogP contribution is -2.29. The van der Waals surface area contributed by atoms with Crippen LogP contribution in [0.1, 0.15) is 33.4 Å². The standard InChI is InChI=1S/C14H17ClN4O3/c1-4-9-7(2)11(21-8(3)20)14(22-9)19-6-18-10-12(15)16-5-17-13(10)19/h5-7,9,11,14H,4H2,1-3H3/t7-,9-,11-,14-/m1/s1. The Kier molecular flexibility index (Phi) is 4.01. The van der Waals surface area contributed by atoms with E-state index in [9.17, 15) is 4.79 Å². The number of nitrogens with zero attached hydrogens (tertiary/aromatic N) is 4. The van der Waals surface area contributed by atoms with Crippen molar-refractivity contribution in [1.82, 2.24) is 19.5 Å². The summed E-state index contributed by atoms with van der Waals surface area (Å²) < 4.78 is 13.3. The van der Waals surface area contributed by atoms with Crippen molar-refractivity contribution in [1.29, 1.82) is 0 Å². The van der Waals surface area contributed by atoms with Crippen molar-refractivity contribution in [2.75, 3.05) is 0 Å². The van der Waals surface area contributed by atoms with Gasteiger partial charge in [0.2, 0.25) is 0 Å². The number of esters is 1. The van der Waals surface area contributed by atoms with Crippen LogP contribution in [0, 0.1) is 5.92 Å². The Morgan fingerprint density at radius 3 is 2.91 bits per heavy atom. The molecule has 3 heterocycles. The van der Waals surface area contributed by atoms with E-state index >= 15 is 0 Å². The number of ether oxygens (including phenoxy) is 2. The monoisotopic (exact) mass is 324 g/mol. The minimum absolute atomic E-state index is 0.00380. The maximum atomic E-state index is 11.4. The van der Waals surface area contributed by atoms with Gasteiger partial charge in [-0.25, -0.2) is 15.0 Å². The summed E-state index contributed by atoms with van der Waals surface area (Å²) in [6.45, 7) is 5.45. The van der Waals surface area contributed by atoms with Crippen molar-refractivity contribution in [3.8, 4) is 0 Å². The van der Waals surface area contributed by atoms with E-state index in [1.165, 1.54) is 13.3 Å². The molecule has 118 valence electrons. The summed E-state index contributed by atoms with van der Waals surface area (Å²) in [5, 5.41) is 0.283. The largest absolute Gasteiger partial charge is 0.457 e. The van der Waals surface area contributed by atoms with Crippen molar-refractivity contribution in [3.63, 3.8) is 0 Å². The van der Waals surface area contributed by atoms with Crippen LogP contribution in [0.5, 0.6) is 0 Å². The van der Waals surface area contributed by atoms with Crippen LogP contribution in [-0.4, -0.2) is 37.7 Å². The Morgan fingerprint density at radius 2 is 2.23 bits per heavy atom. The average molecular weight is 325 g/mol. The Bertz CT molecular complexity index is 704. The SMILES string of the molecule is CC[C@H]1O[C@@H](n2cnc3c(Cl)ncnc32)[C@H](OC(C)=O)[C@@H]1C. The van der Waals surface area contributed by atoms with Crippen LogP contribution in [0.3, 0.4) is 0 Å². The van der Waals surface area contributed by atoms with E-state index in [0.29, 0.717) is 11.2 Å². The predicted octanol–water partition coefficient (Wildman–Crippen LogP) is 2.35. The van der Waals surface area contributed by atoms with E-state index in [1.807, 2.05) is 13.8 Å². The van der Waals surface area contributed by atoms with Gasteiger partial charge in [0.05, 0.1) is 12.4 Å². The zero-order chi connectivity index (χ0) is 15.9. The van der Waals surface area contributed by atoms with Crippen molar-refractivity contribution < 1.29 is 14.3 Å². The first kappa shape index (κ1) is 15.2. The molecule has 1 aliphatic rings. The molecule has 2 aromatic heterocycles. The van der Waals surface area contributed by atoms with E-state index < -0.39 is 12.3 Å². The Balaban J connectivity index is 2.03. The molecule has 22 heavy (non-hydrogen) atoms. The van der Waals surface area contributed by atoms with Crippen LogP contribution in [0.4, 0.5) is 0 Å². The van der Waals surface area contributed by atoms with Crippen LogP contribution in [0.15, 0.2) is 12.7 Å². The number of imidazole rings is 1. The first-order valence-electron chi connectivity index (χ1n) is 7.18. The molecule has 1 fully saturated rings. The van der Waals surface area contributed by atoms with Gasteiger partial charge in [-0.1, -0.05) is 25.4 Å². The van der Waals surface area contributed by atoms with Crippen molar-refractivity contribution in [2.24, 2.45) is 5.92 Å². The van der Waals surface area contributed by atoms with Gasteiger partial charge in [0.25, 0.3) is 0 Å². The molecule has 3 rings (SSSR count). The van der Waals surface area contributed by atoms with Gasteiger partial charge >= 0.3 is 5.97 Å². The number of hydrogen-bond donors (Lipinski definition) is 0. The van der Waals surface area contributed by atoms with Crippen LogP contribution in [-0.2, 0) is 14.3 Å². The Hall–Kier alpha value is -1.73. The van der Waals surface area contributed by atoms with Gasteiger partial charge in [-0.05, 0) is 6.42 Å². The van der Waals surface area contributed by atoms with Gasteiger partial charge in [0.1, 0.15) is 11.8 Å². The lowest BCUT2D eigenvalue weighted by atomic mass is 9.98. The minimum Gasteiger partial charge on any atom is -0.457 e. The molecule has 0 saturated carbocycles. The third-order valence-electron chi connectivity index (χ3n) is 3.99. The maximum Gasteiger partial charge on any atom is 0.303 e. The third kappa shape index (κ3) is 2.44. The lowest BCUT2D eigenvalue weighted by molar-refractivity contribution is -0.153. The van der Waals surface area contributed by atoms with Gasteiger partial charge in [-0.15, -0.1) is 0 Å². The van der Waals surface area contributed by atoms with Crippen LogP contribution < -0.4 is 0 Å². The molecule has 1 aliphatic heterocycles. The molecule has 4 atom stereocenters. The highest BCUT2D eigenvalue weighted by atomic mass is 35.5. The number of carbonyl (C=O) groups is 1. The first-order valence-corrected chi connectivity index (χ1v) is 7.56. The minimum atomic E-state index is -0.472. The Morgan fingerprint density at radius 1 is 1.45 bits per heavy atom.